The van der Waals surface area contributed by atoms with Crippen LogP contribution in [0, 0.1) is 6.92 Å². The lowest BCUT2D eigenvalue weighted by Gasteiger charge is -2.03. The maximum atomic E-state index is 11.3. The number of aliphatic hydroxyl groups excluding tert-OH is 1. The number of carbonyl (C=O) groups is 1. The molecule has 0 aliphatic rings. The molecule has 0 atom stereocenters. The van der Waals surface area contributed by atoms with Crippen LogP contribution in [0.4, 0.5) is 0 Å². The highest BCUT2D eigenvalue weighted by molar-refractivity contribution is 5.90. The minimum Gasteiger partial charge on any atom is -0.465 e. The normalized spacial score (nSPS) is 10.6. The average molecular weight is 257 g/mol. The zero-order valence-corrected chi connectivity index (χ0v) is 10.7. The SMILES string of the molecule is COC(=O)c1cc(CNCCOCCO)oc1C. The van der Waals surface area contributed by atoms with Crippen LogP contribution in [-0.4, -0.2) is 44.6 Å². The number of hydrogen-bond acceptors (Lipinski definition) is 6. The van der Waals surface area contributed by atoms with Crippen molar-refractivity contribution in [3.8, 4) is 0 Å². The molecule has 0 saturated carbocycles. The van der Waals surface area contributed by atoms with Gasteiger partial charge in [-0.05, 0) is 13.0 Å². The molecule has 1 rings (SSSR count). The van der Waals surface area contributed by atoms with Crippen LogP contribution in [0.15, 0.2) is 10.5 Å². The molecule has 1 aromatic rings. The summed E-state index contributed by atoms with van der Waals surface area (Å²) in [6, 6.07) is 1.67. The van der Waals surface area contributed by atoms with Crippen LogP contribution in [0.2, 0.25) is 0 Å². The van der Waals surface area contributed by atoms with E-state index in [1.165, 1.54) is 7.11 Å². The van der Waals surface area contributed by atoms with Gasteiger partial charge in [-0.3, -0.25) is 0 Å². The Kier molecular flexibility index (Phi) is 6.42. The van der Waals surface area contributed by atoms with Crippen LogP contribution in [-0.2, 0) is 16.0 Å². The molecule has 0 radical (unpaired) electrons. The lowest BCUT2D eigenvalue weighted by atomic mass is 10.2. The van der Waals surface area contributed by atoms with Gasteiger partial charge in [0, 0.05) is 6.54 Å². The number of methoxy groups -OCH3 is 1. The molecule has 6 heteroatoms. The number of aliphatic hydroxyl groups is 1. The second-order valence-corrected chi connectivity index (χ2v) is 3.69. The fourth-order valence-electron chi connectivity index (χ4n) is 1.47. The van der Waals surface area contributed by atoms with Crippen molar-refractivity contribution in [1.29, 1.82) is 0 Å². The summed E-state index contributed by atoms with van der Waals surface area (Å²) >= 11 is 0. The van der Waals surface area contributed by atoms with Crippen LogP contribution in [0.25, 0.3) is 0 Å². The summed E-state index contributed by atoms with van der Waals surface area (Å²) in [6.07, 6.45) is 0. The molecule has 0 aliphatic carbocycles. The standard InChI is InChI=1S/C12H19NO5/c1-9-11(12(15)16-2)7-10(18-9)8-13-3-5-17-6-4-14/h7,13-14H,3-6,8H2,1-2H3. The van der Waals surface area contributed by atoms with Gasteiger partial charge in [0.1, 0.15) is 17.1 Å². The quantitative estimate of drug-likeness (QED) is 0.520. The smallest absolute Gasteiger partial charge is 0.341 e. The number of furan rings is 1. The van der Waals surface area contributed by atoms with Gasteiger partial charge in [-0.1, -0.05) is 0 Å². The molecule has 0 fully saturated rings. The first-order valence-electron chi connectivity index (χ1n) is 5.76. The molecular formula is C12H19NO5. The first kappa shape index (κ1) is 14.7. The Morgan fingerprint density at radius 3 is 2.94 bits per heavy atom. The summed E-state index contributed by atoms with van der Waals surface area (Å²) < 4.78 is 15.1. The van der Waals surface area contributed by atoms with E-state index in [2.05, 4.69) is 10.1 Å². The van der Waals surface area contributed by atoms with Crippen LogP contribution < -0.4 is 5.32 Å². The number of nitrogens with one attached hydrogen (secondary N) is 1. The second kappa shape index (κ2) is 7.86. The largest absolute Gasteiger partial charge is 0.465 e. The fourth-order valence-corrected chi connectivity index (χ4v) is 1.47. The lowest BCUT2D eigenvalue weighted by Crippen LogP contribution is -2.19. The number of aryl methyl sites for hydroxylation is 1. The number of ether oxygens (including phenoxy) is 2. The van der Waals surface area contributed by atoms with Crippen LogP contribution in [0.3, 0.4) is 0 Å². The third-order valence-corrected chi connectivity index (χ3v) is 2.33. The van der Waals surface area contributed by atoms with Gasteiger partial charge in [-0.15, -0.1) is 0 Å². The van der Waals surface area contributed by atoms with Crippen molar-refractivity contribution in [2.24, 2.45) is 0 Å². The van der Waals surface area contributed by atoms with Gasteiger partial charge in [0.2, 0.25) is 0 Å². The van der Waals surface area contributed by atoms with Gasteiger partial charge < -0.3 is 24.3 Å². The Bertz CT molecular complexity index is 375. The first-order valence-corrected chi connectivity index (χ1v) is 5.76. The minimum absolute atomic E-state index is 0.0276. The molecule has 0 spiro atoms. The van der Waals surface area contributed by atoms with E-state index in [0.29, 0.717) is 43.4 Å². The molecule has 0 unspecified atom stereocenters. The van der Waals surface area contributed by atoms with Crippen molar-refractivity contribution >= 4 is 5.97 Å². The van der Waals surface area contributed by atoms with E-state index >= 15 is 0 Å². The van der Waals surface area contributed by atoms with Crippen molar-refractivity contribution in [2.45, 2.75) is 13.5 Å². The van der Waals surface area contributed by atoms with Crippen molar-refractivity contribution in [1.82, 2.24) is 5.32 Å². The first-order chi connectivity index (χ1) is 8.69. The van der Waals surface area contributed by atoms with E-state index < -0.39 is 5.97 Å². The van der Waals surface area contributed by atoms with Crippen molar-refractivity contribution in [3.63, 3.8) is 0 Å². The Balaban J connectivity index is 2.33. The highest BCUT2D eigenvalue weighted by atomic mass is 16.5. The second-order valence-electron chi connectivity index (χ2n) is 3.69. The van der Waals surface area contributed by atoms with Crippen LogP contribution >= 0.6 is 0 Å². The third-order valence-electron chi connectivity index (χ3n) is 2.33. The van der Waals surface area contributed by atoms with E-state index in [0.717, 1.165) is 0 Å². The predicted octanol–water partition coefficient (Wildman–Crippen LogP) is 0.473. The Hall–Kier alpha value is -1.37. The van der Waals surface area contributed by atoms with E-state index in [4.69, 9.17) is 14.3 Å². The monoisotopic (exact) mass is 257 g/mol. The molecule has 2 N–H and O–H groups in total. The van der Waals surface area contributed by atoms with Crippen LogP contribution in [0.1, 0.15) is 21.9 Å². The molecule has 0 amide bonds. The Morgan fingerprint density at radius 2 is 2.28 bits per heavy atom. The molecule has 1 heterocycles. The fraction of sp³-hybridized carbons (Fsp3) is 0.583. The molecular weight excluding hydrogens is 238 g/mol. The van der Waals surface area contributed by atoms with Gasteiger partial charge in [-0.25, -0.2) is 4.79 Å². The summed E-state index contributed by atoms with van der Waals surface area (Å²) in [5.41, 5.74) is 0.450. The van der Waals surface area contributed by atoms with Gasteiger partial charge >= 0.3 is 5.97 Å². The summed E-state index contributed by atoms with van der Waals surface area (Å²) in [6.45, 7) is 3.77. The molecule has 1 aromatic heterocycles. The maximum Gasteiger partial charge on any atom is 0.341 e. The molecule has 6 nitrogen and oxygen atoms in total. The minimum atomic E-state index is -0.395. The van der Waals surface area contributed by atoms with E-state index in [-0.39, 0.29) is 6.61 Å². The molecule has 0 aromatic carbocycles. The van der Waals surface area contributed by atoms with E-state index in [9.17, 15) is 4.79 Å². The summed E-state index contributed by atoms with van der Waals surface area (Å²) in [4.78, 5) is 11.3. The van der Waals surface area contributed by atoms with Crippen molar-refractivity contribution in [2.75, 3.05) is 33.5 Å². The molecule has 0 saturated heterocycles. The maximum absolute atomic E-state index is 11.3. The van der Waals surface area contributed by atoms with E-state index in [1.54, 1.807) is 13.0 Å². The topological polar surface area (TPSA) is 80.9 Å². The zero-order chi connectivity index (χ0) is 13.4. The van der Waals surface area contributed by atoms with Crippen molar-refractivity contribution in [3.05, 3.63) is 23.2 Å². The van der Waals surface area contributed by atoms with Crippen LogP contribution in [0.5, 0.6) is 0 Å². The van der Waals surface area contributed by atoms with Crippen molar-refractivity contribution < 1.29 is 23.8 Å². The zero-order valence-electron chi connectivity index (χ0n) is 10.7. The number of rotatable bonds is 8. The summed E-state index contributed by atoms with van der Waals surface area (Å²) in [7, 11) is 1.34. The number of esters is 1. The van der Waals surface area contributed by atoms with Gasteiger partial charge in [-0.2, -0.15) is 0 Å². The highest BCUT2D eigenvalue weighted by Crippen LogP contribution is 2.15. The Labute approximate surface area is 106 Å². The Morgan fingerprint density at radius 1 is 1.50 bits per heavy atom. The van der Waals surface area contributed by atoms with E-state index in [1.807, 2.05) is 0 Å². The summed E-state index contributed by atoms with van der Waals surface area (Å²) in [5.74, 6) is 0.832. The third kappa shape index (κ3) is 4.48. The predicted molar refractivity (Wildman–Crippen MR) is 64.4 cm³/mol. The van der Waals surface area contributed by atoms with Gasteiger partial charge in [0.05, 0.1) is 33.5 Å². The lowest BCUT2D eigenvalue weighted by molar-refractivity contribution is 0.0599. The molecule has 102 valence electrons. The van der Waals surface area contributed by atoms with Gasteiger partial charge in [0.15, 0.2) is 0 Å². The highest BCUT2D eigenvalue weighted by Gasteiger charge is 2.14. The molecule has 18 heavy (non-hydrogen) atoms. The number of carbonyl (C=O) groups excluding carboxylic acids is 1. The number of hydrogen-bond donors (Lipinski definition) is 2. The molecule has 0 aliphatic heterocycles. The van der Waals surface area contributed by atoms with Gasteiger partial charge in [0.25, 0.3) is 0 Å². The summed E-state index contributed by atoms with van der Waals surface area (Å²) in [5, 5.41) is 11.6. The average Bonchev–Trinajstić information content (AvgIpc) is 2.74. The molecule has 0 bridgehead atoms.